The van der Waals surface area contributed by atoms with Crippen molar-refractivity contribution in [3.63, 3.8) is 0 Å². The van der Waals surface area contributed by atoms with Crippen molar-refractivity contribution in [2.24, 2.45) is 5.73 Å². The molecule has 10 heavy (non-hydrogen) atoms. The van der Waals surface area contributed by atoms with Gasteiger partial charge in [-0.3, -0.25) is 0 Å². The Morgan fingerprint density at radius 2 is 2.50 bits per heavy atom. The molecule has 1 atom stereocenters. The van der Waals surface area contributed by atoms with Crippen LogP contribution in [0.3, 0.4) is 0 Å². The molecule has 5 heteroatoms. The standard InChI is InChI=1S/C5H10INO2S/c1-10-3-2-4(7)5(8)9-6/h4H,2-3,7H2,1H3/t4-/m0/s1. The lowest BCUT2D eigenvalue weighted by atomic mass is 10.2. The molecule has 0 aromatic heterocycles. The topological polar surface area (TPSA) is 52.3 Å². The Hall–Kier alpha value is 0.510. The summed E-state index contributed by atoms with van der Waals surface area (Å²) in [5, 5.41) is 0. The normalized spacial score (nSPS) is 12.7. The van der Waals surface area contributed by atoms with Crippen LogP contribution in [0.4, 0.5) is 0 Å². The minimum absolute atomic E-state index is 0.338. The van der Waals surface area contributed by atoms with Gasteiger partial charge in [0.1, 0.15) is 6.04 Å². The molecule has 0 amide bonds. The number of carbonyl (C=O) groups excluding carboxylic acids is 1. The van der Waals surface area contributed by atoms with Gasteiger partial charge in [0.2, 0.25) is 0 Å². The van der Waals surface area contributed by atoms with Gasteiger partial charge in [0.05, 0.1) is 0 Å². The first-order valence-corrected chi connectivity index (χ1v) is 5.06. The highest BCUT2D eigenvalue weighted by Gasteiger charge is 2.12. The molecule has 0 aliphatic rings. The molecular weight excluding hydrogens is 265 g/mol. The summed E-state index contributed by atoms with van der Waals surface area (Å²) in [5.41, 5.74) is 5.42. The maximum Gasteiger partial charge on any atom is 0.332 e. The number of rotatable bonds is 4. The van der Waals surface area contributed by atoms with E-state index in [1.54, 1.807) is 34.8 Å². The molecule has 0 saturated heterocycles. The van der Waals surface area contributed by atoms with Gasteiger partial charge in [-0.15, -0.1) is 0 Å². The maximum atomic E-state index is 10.7. The molecule has 60 valence electrons. The van der Waals surface area contributed by atoms with Crippen LogP contribution in [0.25, 0.3) is 0 Å². The third kappa shape index (κ3) is 4.35. The molecule has 0 aromatic carbocycles. The van der Waals surface area contributed by atoms with Crippen molar-refractivity contribution < 1.29 is 7.86 Å². The van der Waals surface area contributed by atoms with Gasteiger partial charge < -0.3 is 8.80 Å². The molecule has 0 heterocycles. The summed E-state index contributed by atoms with van der Waals surface area (Å²) in [7, 11) is 0. The molecule has 0 spiro atoms. The highest BCUT2D eigenvalue weighted by Crippen LogP contribution is 2.01. The quantitative estimate of drug-likeness (QED) is 0.776. The molecule has 0 radical (unpaired) electrons. The van der Waals surface area contributed by atoms with Crippen molar-refractivity contribution >= 4 is 40.7 Å². The third-order valence-corrected chi connectivity index (χ3v) is 2.09. The molecule has 0 aliphatic carbocycles. The Balaban J connectivity index is 3.41. The van der Waals surface area contributed by atoms with Crippen molar-refractivity contribution in [3.05, 3.63) is 0 Å². The predicted molar refractivity (Wildman–Crippen MR) is 51.1 cm³/mol. The van der Waals surface area contributed by atoms with Gasteiger partial charge in [0, 0.05) is 0 Å². The first-order valence-electron chi connectivity index (χ1n) is 2.79. The fourth-order valence-corrected chi connectivity index (χ4v) is 1.24. The molecule has 0 saturated carbocycles. The Kier molecular flexibility index (Phi) is 6.55. The van der Waals surface area contributed by atoms with E-state index < -0.39 is 6.04 Å². The van der Waals surface area contributed by atoms with Crippen LogP contribution in [0.2, 0.25) is 0 Å². The highest BCUT2D eigenvalue weighted by atomic mass is 127. The largest absolute Gasteiger partial charge is 0.393 e. The van der Waals surface area contributed by atoms with Gasteiger partial charge in [-0.2, -0.15) is 11.8 Å². The Labute approximate surface area is 78.8 Å². The van der Waals surface area contributed by atoms with Gasteiger partial charge in [0.25, 0.3) is 0 Å². The molecule has 2 N–H and O–H groups in total. The van der Waals surface area contributed by atoms with Crippen LogP contribution in [0, 0.1) is 0 Å². The number of hydrogen-bond donors (Lipinski definition) is 1. The highest BCUT2D eigenvalue weighted by molar-refractivity contribution is 14.1. The lowest BCUT2D eigenvalue weighted by Gasteiger charge is -2.05. The molecule has 0 unspecified atom stereocenters. The average molecular weight is 275 g/mol. The van der Waals surface area contributed by atoms with E-state index >= 15 is 0 Å². The zero-order valence-electron chi connectivity index (χ0n) is 5.67. The van der Waals surface area contributed by atoms with Crippen molar-refractivity contribution in [1.82, 2.24) is 0 Å². The van der Waals surface area contributed by atoms with Crippen molar-refractivity contribution in [3.8, 4) is 0 Å². The minimum Gasteiger partial charge on any atom is -0.393 e. The van der Waals surface area contributed by atoms with E-state index in [1.807, 2.05) is 6.26 Å². The molecule has 0 rings (SSSR count). The van der Waals surface area contributed by atoms with Crippen LogP contribution < -0.4 is 5.73 Å². The molecule has 3 nitrogen and oxygen atoms in total. The first kappa shape index (κ1) is 10.5. The molecule has 0 bridgehead atoms. The fourth-order valence-electron chi connectivity index (χ4n) is 0.420. The van der Waals surface area contributed by atoms with E-state index in [9.17, 15) is 4.79 Å². The van der Waals surface area contributed by atoms with E-state index in [0.717, 1.165) is 5.75 Å². The van der Waals surface area contributed by atoms with Crippen molar-refractivity contribution in [1.29, 1.82) is 0 Å². The minimum atomic E-state index is -0.454. The maximum absolute atomic E-state index is 10.7. The molecular formula is C5H10INO2S. The summed E-state index contributed by atoms with van der Waals surface area (Å²) in [6, 6.07) is -0.454. The van der Waals surface area contributed by atoms with Gasteiger partial charge >= 0.3 is 5.97 Å². The summed E-state index contributed by atoms with van der Waals surface area (Å²) in [4.78, 5) is 10.7. The monoisotopic (exact) mass is 275 g/mol. The summed E-state index contributed by atoms with van der Waals surface area (Å²) < 4.78 is 4.41. The van der Waals surface area contributed by atoms with Crippen LogP contribution >= 0.6 is 34.8 Å². The Morgan fingerprint density at radius 1 is 1.90 bits per heavy atom. The number of thioether (sulfide) groups is 1. The number of hydrogen-bond acceptors (Lipinski definition) is 4. The summed E-state index contributed by atoms with van der Waals surface area (Å²) in [6.07, 6.45) is 2.66. The SMILES string of the molecule is CSCC[C@H](N)C(=O)OI. The van der Waals surface area contributed by atoms with Crippen LogP contribution in [-0.4, -0.2) is 24.0 Å². The summed E-state index contributed by atoms with van der Waals surface area (Å²) in [6.45, 7) is 0. The average Bonchev–Trinajstić information content (AvgIpc) is 1.98. The zero-order valence-corrected chi connectivity index (χ0v) is 8.65. The van der Waals surface area contributed by atoms with Crippen LogP contribution in [0.1, 0.15) is 6.42 Å². The lowest BCUT2D eigenvalue weighted by Crippen LogP contribution is -2.30. The van der Waals surface area contributed by atoms with Gasteiger partial charge in [-0.1, -0.05) is 0 Å². The Bertz CT molecular complexity index is 112. The van der Waals surface area contributed by atoms with Gasteiger partial charge in [-0.05, 0) is 18.4 Å². The van der Waals surface area contributed by atoms with E-state index in [1.165, 1.54) is 0 Å². The second kappa shape index (κ2) is 6.23. The Morgan fingerprint density at radius 3 is 2.90 bits per heavy atom. The molecule has 0 fully saturated rings. The zero-order chi connectivity index (χ0) is 7.98. The predicted octanol–water partition coefficient (Wildman–Crippen LogP) is 0.960. The lowest BCUT2D eigenvalue weighted by molar-refractivity contribution is -0.132. The smallest absolute Gasteiger partial charge is 0.332 e. The van der Waals surface area contributed by atoms with E-state index in [4.69, 9.17) is 5.73 Å². The molecule has 0 aromatic rings. The number of nitrogens with two attached hydrogens (primary N) is 1. The fraction of sp³-hybridized carbons (Fsp3) is 0.800. The second-order valence-corrected chi connectivity index (χ2v) is 3.21. The van der Waals surface area contributed by atoms with E-state index in [0.29, 0.717) is 6.42 Å². The van der Waals surface area contributed by atoms with Gasteiger partial charge in [-0.25, -0.2) is 4.79 Å². The van der Waals surface area contributed by atoms with Crippen molar-refractivity contribution in [2.75, 3.05) is 12.0 Å². The van der Waals surface area contributed by atoms with Crippen LogP contribution in [0.15, 0.2) is 0 Å². The van der Waals surface area contributed by atoms with Crippen molar-refractivity contribution in [2.45, 2.75) is 12.5 Å². The second-order valence-electron chi connectivity index (χ2n) is 1.78. The summed E-state index contributed by atoms with van der Waals surface area (Å²) in [5.74, 6) is 0.557. The first-order chi connectivity index (χ1) is 4.72. The third-order valence-electron chi connectivity index (χ3n) is 1.01. The molecule has 0 aliphatic heterocycles. The van der Waals surface area contributed by atoms with Gasteiger partial charge in [0.15, 0.2) is 23.0 Å². The number of halogens is 1. The van der Waals surface area contributed by atoms with E-state index in [2.05, 4.69) is 3.07 Å². The van der Waals surface area contributed by atoms with Crippen LogP contribution in [0.5, 0.6) is 0 Å². The van der Waals surface area contributed by atoms with E-state index in [-0.39, 0.29) is 5.97 Å². The summed E-state index contributed by atoms with van der Waals surface area (Å²) >= 11 is 3.21. The van der Waals surface area contributed by atoms with Crippen LogP contribution in [-0.2, 0) is 7.86 Å². The number of carbonyl (C=O) groups is 1.